The number of benzene rings is 2. The van der Waals surface area contributed by atoms with E-state index in [0.717, 1.165) is 12.5 Å². The van der Waals surface area contributed by atoms with E-state index in [0.29, 0.717) is 23.4 Å². The van der Waals surface area contributed by atoms with Crippen LogP contribution in [0.4, 0.5) is 5.69 Å². The molecule has 0 aliphatic heterocycles. The normalized spacial score (nSPS) is 23.6. The molecule has 0 amide bonds. The first-order valence-corrected chi connectivity index (χ1v) is 13.2. The van der Waals surface area contributed by atoms with Crippen molar-refractivity contribution in [3.8, 4) is 5.75 Å². The number of ketones is 3. The van der Waals surface area contributed by atoms with Crippen molar-refractivity contribution >= 4 is 29.0 Å². The lowest BCUT2D eigenvalue weighted by Crippen LogP contribution is -2.56. The lowest BCUT2D eigenvalue weighted by Gasteiger charge is -2.45. The summed E-state index contributed by atoms with van der Waals surface area (Å²) in [6, 6.07) is 8.02. The Morgan fingerprint density at radius 3 is 2.34 bits per heavy atom. The van der Waals surface area contributed by atoms with Crippen molar-refractivity contribution < 1.29 is 44.7 Å². The maximum absolute atomic E-state index is 13.9. The van der Waals surface area contributed by atoms with E-state index in [9.17, 15) is 39.6 Å². The molecule has 5 rings (SSSR count). The van der Waals surface area contributed by atoms with E-state index in [2.05, 4.69) is 10.6 Å². The fraction of sp³-hybridized carbons (Fsp3) is 0.333. The van der Waals surface area contributed by atoms with E-state index in [1.807, 2.05) is 0 Å². The number of fused-ring (bicyclic) bond motifs is 3. The van der Waals surface area contributed by atoms with Crippen LogP contribution >= 0.6 is 0 Å². The highest BCUT2D eigenvalue weighted by Gasteiger charge is 2.59. The molecule has 0 radical (unpaired) electrons. The molecule has 2 unspecified atom stereocenters. The summed E-state index contributed by atoms with van der Waals surface area (Å²) in [4.78, 5) is 50.2. The largest absolute Gasteiger partial charge is 0.511 e. The molecular weight excluding hydrogens is 532 g/mol. The molecule has 0 spiro atoms. The van der Waals surface area contributed by atoms with Gasteiger partial charge in [-0.3, -0.25) is 14.4 Å². The Balaban J connectivity index is 1.49. The van der Waals surface area contributed by atoms with Crippen LogP contribution in [-0.2, 0) is 29.1 Å². The zero-order chi connectivity index (χ0) is 29.8. The van der Waals surface area contributed by atoms with Gasteiger partial charge in [-0.25, -0.2) is 4.79 Å². The predicted molar refractivity (Wildman–Crippen MR) is 146 cm³/mol. The maximum atomic E-state index is 13.9. The van der Waals surface area contributed by atoms with Gasteiger partial charge in [0.25, 0.3) is 0 Å². The van der Waals surface area contributed by atoms with Gasteiger partial charge >= 0.3 is 5.97 Å². The van der Waals surface area contributed by atoms with Crippen LogP contribution in [0.3, 0.4) is 0 Å². The maximum Gasteiger partial charge on any atom is 0.335 e. The summed E-state index contributed by atoms with van der Waals surface area (Å²) >= 11 is 0. The van der Waals surface area contributed by atoms with Crippen LogP contribution in [0.1, 0.15) is 57.2 Å². The van der Waals surface area contributed by atoms with Crippen molar-refractivity contribution in [2.24, 2.45) is 11.8 Å². The van der Waals surface area contributed by atoms with E-state index in [-0.39, 0.29) is 48.3 Å². The summed E-state index contributed by atoms with van der Waals surface area (Å²) in [5, 5.41) is 59.6. The molecule has 0 fully saturated rings. The SMILES string of the molecule is CNc1cc(CNCc2ccc(C(=O)O)cc2)c(O)c2c1CC1CC3CC(O)=C(C(C)=O)C(=O)[C@@]3(O)C(O)=C1C2=O. The highest BCUT2D eigenvalue weighted by molar-refractivity contribution is 6.25. The molecule has 3 aliphatic carbocycles. The monoisotopic (exact) mass is 562 g/mol. The van der Waals surface area contributed by atoms with Crippen molar-refractivity contribution in [1.82, 2.24) is 5.32 Å². The van der Waals surface area contributed by atoms with Crippen LogP contribution in [0.25, 0.3) is 0 Å². The number of aromatic hydroxyl groups is 1. The minimum absolute atomic E-state index is 0.0484. The van der Waals surface area contributed by atoms with Gasteiger partial charge in [0.15, 0.2) is 17.2 Å². The molecule has 2 aromatic carbocycles. The number of hydrogen-bond donors (Lipinski definition) is 7. The van der Waals surface area contributed by atoms with Crippen LogP contribution in [0.5, 0.6) is 5.75 Å². The number of carbonyl (C=O) groups excluding carboxylic acids is 3. The Bertz CT molecular complexity index is 1570. The Kier molecular flexibility index (Phi) is 6.96. The number of phenolic OH excluding ortho intramolecular Hbond substituents is 1. The Morgan fingerprint density at radius 1 is 1.05 bits per heavy atom. The number of anilines is 1. The summed E-state index contributed by atoms with van der Waals surface area (Å²) in [5.41, 5.74) is -0.892. The van der Waals surface area contributed by atoms with Gasteiger partial charge in [-0.2, -0.15) is 0 Å². The van der Waals surface area contributed by atoms with E-state index < -0.39 is 57.8 Å². The Hall–Kier alpha value is -4.48. The summed E-state index contributed by atoms with van der Waals surface area (Å²) in [7, 11) is 1.67. The topological polar surface area (TPSA) is 193 Å². The number of carboxylic acid groups (broad SMARTS) is 1. The number of rotatable bonds is 7. The summed E-state index contributed by atoms with van der Waals surface area (Å²) < 4.78 is 0. The number of hydrogen-bond acceptors (Lipinski definition) is 10. The molecular formula is C30H30N2O9. The van der Waals surface area contributed by atoms with Crippen molar-refractivity contribution in [2.75, 3.05) is 12.4 Å². The number of carbonyl (C=O) groups is 4. The van der Waals surface area contributed by atoms with Crippen molar-refractivity contribution in [1.29, 1.82) is 0 Å². The number of phenols is 1. The predicted octanol–water partition coefficient (Wildman–Crippen LogP) is 2.71. The second-order valence-electron chi connectivity index (χ2n) is 10.7. The van der Waals surface area contributed by atoms with E-state index in [1.165, 1.54) is 12.1 Å². The van der Waals surface area contributed by atoms with Crippen LogP contribution in [0, 0.1) is 11.8 Å². The second-order valence-corrected chi connectivity index (χ2v) is 10.7. The lowest BCUT2D eigenvalue weighted by atomic mass is 9.60. The number of nitrogens with one attached hydrogen (secondary N) is 2. The van der Waals surface area contributed by atoms with Crippen molar-refractivity contribution in [3.63, 3.8) is 0 Å². The number of aliphatic hydroxyl groups is 3. The average Bonchev–Trinajstić information content (AvgIpc) is 2.92. The van der Waals surface area contributed by atoms with E-state index in [1.54, 1.807) is 25.2 Å². The molecule has 2 aromatic rings. The van der Waals surface area contributed by atoms with Crippen molar-refractivity contribution in [2.45, 2.75) is 44.9 Å². The molecule has 7 N–H and O–H groups in total. The van der Waals surface area contributed by atoms with E-state index >= 15 is 0 Å². The molecule has 0 saturated heterocycles. The molecule has 0 bridgehead atoms. The van der Waals surface area contributed by atoms with Crippen molar-refractivity contribution in [3.05, 3.63) is 80.8 Å². The standard InChI is InChI=1S/C30H30N2O9/c1-13(33)22-21(34)10-18-7-16-8-19-20(31-2)9-17(12-32-11-14-3-5-15(6-4-14)29(39)40)25(35)24(19)26(36)23(16)28(38)30(18,41)27(22)37/h3-6,9,16,18,31-32,34-35,38,41H,7-8,10-12H2,1-2H3,(H,39,40)/t16?,18?,30-/m1/s1. The third-order valence-electron chi connectivity index (χ3n) is 8.36. The third kappa shape index (κ3) is 4.37. The number of aromatic carboxylic acids is 1. The van der Waals surface area contributed by atoms with Gasteiger partial charge in [0.2, 0.25) is 5.78 Å². The summed E-state index contributed by atoms with van der Waals surface area (Å²) in [6.07, 6.45) is 0.106. The molecule has 11 heteroatoms. The molecule has 3 atom stereocenters. The first-order chi connectivity index (χ1) is 19.4. The van der Waals surface area contributed by atoms with Gasteiger partial charge in [0.05, 0.1) is 11.1 Å². The van der Waals surface area contributed by atoms with Crippen LogP contribution in [0.15, 0.2) is 53.0 Å². The molecule has 3 aliphatic rings. The summed E-state index contributed by atoms with van der Waals surface area (Å²) in [5.74, 6) is -6.78. The fourth-order valence-corrected chi connectivity index (χ4v) is 6.32. The van der Waals surface area contributed by atoms with Gasteiger partial charge in [-0.1, -0.05) is 12.1 Å². The zero-order valence-corrected chi connectivity index (χ0v) is 22.4. The first-order valence-electron chi connectivity index (χ1n) is 13.2. The molecule has 0 heterocycles. The van der Waals surface area contributed by atoms with Gasteiger partial charge < -0.3 is 36.2 Å². The zero-order valence-electron chi connectivity index (χ0n) is 22.4. The van der Waals surface area contributed by atoms with Gasteiger partial charge in [0.1, 0.15) is 22.8 Å². The lowest BCUT2D eigenvalue weighted by molar-refractivity contribution is -0.144. The molecule has 0 saturated carbocycles. The quantitative estimate of drug-likeness (QED) is 0.194. The second kappa shape index (κ2) is 10.2. The van der Waals surface area contributed by atoms with E-state index in [4.69, 9.17) is 5.11 Å². The van der Waals surface area contributed by atoms with Gasteiger partial charge in [-0.05, 0) is 55.0 Å². The third-order valence-corrected chi connectivity index (χ3v) is 8.36. The van der Waals surface area contributed by atoms with Crippen LogP contribution in [-0.4, -0.2) is 61.5 Å². The smallest absolute Gasteiger partial charge is 0.335 e. The molecule has 0 aromatic heterocycles. The van der Waals surface area contributed by atoms with Crippen LogP contribution in [0.2, 0.25) is 0 Å². The molecule has 41 heavy (non-hydrogen) atoms. The number of Topliss-reactive ketones (excluding diaryl/α,β-unsaturated/α-hetero) is 3. The first kappa shape index (κ1) is 28.1. The Morgan fingerprint density at radius 2 is 1.73 bits per heavy atom. The minimum Gasteiger partial charge on any atom is -0.511 e. The Labute approximate surface area is 234 Å². The summed E-state index contributed by atoms with van der Waals surface area (Å²) in [6.45, 7) is 1.57. The average molecular weight is 563 g/mol. The van der Waals surface area contributed by atoms with Crippen LogP contribution < -0.4 is 10.6 Å². The fourth-order valence-electron chi connectivity index (χ4n) is 6.32. The minimum atomic E-state index is -2.54. The molecule has 214 valence electrons. The number of carboxylic acids is 1. The number of aliphatic hydroxyl groups excluding tert-OH is 2. The van der Waals surface area contributed by atoms with Gasteiger partial charge in [-0.15, -0.1) is 0 Å². The highest BCUT2D eigenvalue weighted by Crippen LogP contribution is 2.52. The molecule has 11 nitrogen and oxygen atoms in total. The number of allylic oxidation sites excluding steroid dienone is 2. The highest BCUT2D eigenvalue weighted by atomic mass is 16.4. The van der Waals surface area contributed by atoms with Gasteiger partial charge in [0, 0.05) is 49.3 Å².